The number of carbonyl (C=O) groups excluding carboxylic acids is 1. The molecule has 3 aliphatic rings. The van der Waals surface area contributed by atoms with Crippen LogP contribution in [0.5, 0.6) is 0 Å². The predicted octanol–water partition coefficient (Wildman–Crippen LogP) is 2.49. The van der Waals surface area contributed by atoms with Crippen molar-refractivity contribution in [3.8, 4) is 0 Å². The first-order chi connectivity index (χ1) is 12.3. The summed E-state index contributed by atoms with van der Waals surface area (Å²) in [4.78, 5) is 19.2. The van der Waals surface area contributed by atoms with Crippen LogP contribution in [-0.2, 0) is 4.79 Å². The van der Waals surface area contributed by atoms with Gasteiger partial charge in [-0.1, -0.05) is 6.42 Å². The fourth-order valence-electron chi connectivity index (χ4n) is 4.03. The Hall–Kier alpha value is -2.11. The largest absolute Gasteiger partial charge is 0.353 e. The molecule has 1 aliphatic heterocycles. The Morgan fingerprint density at radius 2 is 2.04 bits per heavy atom. The molecule has 1 N–H and O–H groups in total. The van der Waals surface area contributed by atoms with Crippen LogP contribution < -0.4 is 10.2 Å². The summed E-state index contributed by atoms with van der Waals surface area (Å²) in [5.41, 5.74) is 2.29. The topological polar surface area (TPSA) is 62.5 Å². The molecule has 3 fully saturated rings. The SMILES string of the molecule is O=C(NC1CCCN(c2nccn3nc(C4CC4)cc23)C1)C1CCC1. The van der Waals surface area contributed by atoms with Crippen molar-refractivity contribution in [1.82, 2.24) is 19.9 Å². The molecule has 1 atom stereocenters. The summed E-state index contributed by atoms with van der Waals surface area (Å²) >= 11 is 0. The molecule has 1 saturated heterocycles. The van der Waals surface area contributed by atoms with Gasteiger partial charge in [-0.3, -0.25) is 4.79 Å². The molecule has 1 amide bonds. The molecule has 2 aliphatic carbocycles. The molecule has 2 aromatic heterocycles. The van der Waals surface area contributed by atoms with Crippen LogP contribution in [0, 0.1) is 5.92 Å². The highest BCUT2D eigenvalue weighted by molar-refractivity contribution is 5.80. The lowest BCUT2D eigenvalue weighted by Crippen LogP contribution is -2.50. The lowest BCUT2D eigenvalue weighted by molar-refractivity contribution is -0.128. The summed E-state index contributed by atoms with van der Waals surface area (Å²) in [6.45, 7) is 1.83. The molecular weight excluding hydrogens is 314 g/mol. The number of nitrogens with zero attached hydrogens (tertiary/aromatic N) is 4. The minimum absolute atomic E-state index is 0.231. The monoisotopic (exact) mass is 339 g/mol. The standard InChI is InChI=1S/C19H25N5O/c25-19(14-3-1-4-14)21-15-5-2-9-23(12-15)18-17-11-16(13-6-7-13)22-24(17)10-8-20-18/h8,10-11,13-15H,1-7,9,12H2,(H,21,25). The number of anilines is 1. The Bertz CT molecular complexity index is 792. The first-order valence-corrected chi connectivity index (χ1v) is 9.67. The predicted molar refractivity (Wildman–Crippen MR) is 95.7 cm³/mol. The lowest BCUT2D eigenvalue weighted by Gasteiger charge is -2.35. The Morgan fingerprint density at radius 1 is 1.16 bits per heavy atom. The van der Waals surface area contributed by atoms with Crippen LogP contribution in [0.3, 0.4) is 0 Å². The average Bonchev–Trinajstić information content (AvgIpc) is 3.32. The van der Waals surface area contributed by atoms with Gasteiger partial charge in [0.2, 0.25) is 5.91 Å². The summed E-state index contributed by atoms with van der Waals surface area (Å²) in [5, 5.41) is 7.99. The molecule has 0 radical (unpaired) electrons. The number of hydrogen-bond donors (Lipinski definition) is 1. The van der Waals surface area contributed by atoms with Gasteiger partial charge in [-0.15, -0.1) is 0 Å². The fraction of sp³-hybridized carbons (Fsp3) is 0.632. The second-order valence-electron chi connectivity index (χ2n) is 7.85. The van der Waals surface area contributed by atoms with Gasteiger partial charge in [-0.25, -0.2) is 9.50 Å². The van der Waals surface area contributed by atoms with E-state index in [0.29, 0.717) is 5.92 Å². The van der Waals surface area contributed by atoms with E-state index < -0.39 is 0 Å². The highest BCUT2D eigenvalue weighted by atomic mass is 16.2. The molecule has 132 valence electrons. The zero-order valence-electron chi connectivity index (χ0n) is 14.5. The molecule has 6 nitrogen and oxygen atoms in total. The van der Waals surface area contributed by atoms with E-state index in [1.54, 1.807) is 0 Å². The first-order valence-electron chi connectivity index (χ1n) is 9.67. The smallest absolute Gasteiger partial charge is 0.223 e. The van der Waals surface area contributed by atoms with Crippen molar-refractivity contribution in [1.29, 1.82) is 0 Å². The molecule has 5 rings (SSSR count). The zero-order valence-corrected chi connectivity index (χ0v) is 14.5. The van der Waals surface area contributed by atoms with Crippen LogP contribution in [0.15, 0.2) is 18.5 Å². The molecule has 6 heteroatoms. The number of carbonyl (C=O) groups is 1. The molecule has 3 heterocycles. The Balaban J connectivity index is 1.35. The van der Waals surface area contributed by atoms with Gasteiger partial charge in [-0.05, 0) is 44.6 Å². The Morgan fingerprint density at radius 3 is 2.80 bits per heavy atom. The van der Waals surface area contributed by atoms with Crippen LogP contribution in [0.1, 0.15) is 56.6 Å². The van der Waals surface area contributed by atoms with Crippen molar-refractivity contribution in [3.05, 3.63) is 24.2 Å². The van der Waals surface area contributed by atoms with Crippen molar-refractivity contribution in [2.75, 3.05) is 18.0 Å². The number of hydrogen-bond acceptors (Lipinski definition) is 4. The molecule has 1 unspecified atom stereocenters. The van der Waals surface area contributed by atoms with Gasteiger partial charge >= 0.3 is 0 Å². The van der Waals surface area contributed by atoms with E-state index in [2.05, 4.69) is 21.3 Å². The highest BCUT2D eigenvalue weighted by Gasteiger charge is 2.30. The van der Waals surface area contributed by atoms with E-state index in [1.807, 2.05) is 16.9 Å². The van der Waals surface area contributed by atoms with Crippen molar-refractivity contribution < 1.29 is 4.79 Å². The first kappa shape index (κ1) is 15.2. The van der Waals surface area contributed by atoms with E-state index in [-0.39, 0.29) is 17.9 Å². The quantitative estimate of drug-likeness (QED) is 0.930. The maximum absolute atomic E-state index is 12.3. The normalized spacial score (nSPS) is 24.3. The summed E-state index contributed by atoms with van der Waals surface area (Å²) < 4.78 is 1.96. The number of nitrogens with one attached hydrogen (secondary N) is 1. The van der Waals surface area contributed by atoms with Gasteiger partial charge in [0.25, 0.3) is 0 Å². The van der Waals surface area contributed by atoms with E-state index in [9.17, 15) is 4.79 Å². The second kappa shape index (κ2) is 6.00. The highest BCUT2D eigenvalue weighted by Crippen LogP contribution is 2.40. The van der Waals surface area contributed by atoms with Crippen LogP contribution in [0.25, 0.3) is 5.52 Å². The van der Waals surface area contributed by atoms with E-state index in [1.165, 1.54) is 25.0 Å². The molecule has 25 heavy (non-hydrogen) atoms. The summed E-state index contributed by atoms with van der Waals surface area (Å²) in [5.74, 6) is 2.16. The van der Waals surface area contributed by atoms with Gasteiger partial charge < -0.3 is 10.2 Å². The van der Waals surface area contributed by atoms with Crippen LogP contribution in [0.4, 0.5) is 5.82 Å². The van der Waals surface area contributed by atoms with E-state index in [0.717, 1.165) is 50.1 Å². The fourth-order valence-corrected chi connectivity index (χ4v) is 4.03. The number of amides is 1. The van der Waals surface area contributed by atoms with Crippen LogP contribution in [-0.4, -0.2) is 39.6 Å². The van der Waals surface area contributed by atoms with Crippen molar-refractivity contribution in [3.63, 3.8) is 0 Å². The van der Waals surface area contributed by atoms with Crippen LogP contribution in [0.2, 0.25) is 0 Å². The summed E-state index contributed by atoms with van der Waals surface area (Å²) in [6.07, 6.45) is 11.7. The maximum atomic E-state index is 12.3. The minimum Gasteiger partial charge on any atom is -0.353 e. The van der Waals surface area contributed by atoms with Gasteiger partial charge in [0.05, 0.1) is 5.69 Å². The zero-order chi connectivity index (χ0) is 16.8. The van der Waals surface area contributed by atoms with Gasteiger partial charge in [0.15, 0.2) is 5.82 Å². The second-order valence-corrected chi connectivity index (χ2v) is 7.85. The molecule has 0 aromatic carbocycles. The Kier molecular flexibility index (Phi) is 3.64. The third-order valence-corrected chi connectivity index (χ3v) is 5.93. The molecule has 2 saturated carbocycles. The molecule has 2 aromatic rings. The number of fused-ring (bicyclic) bond motifs is 1. The number of piperidine rings is 1. The molecular formula is C19H25N5O. The van der Waals surface area contributed by atoms with Crippen molar-refractivity contribution in [2.24, 2.45) is 5.92 Å². The third-order valence-electron chi connectivity index (χ3n) is 5.93. The third kappa shape index (κ3) is 2.87. The van der Waals surface area contributed by atoms with Crippen molar-refractivity contribution >= 4 is 17.2 Å². The average molecular weight is 339 g/mol. The maximum Gasteiger partial charge on any atom is 0.223 e. The van der Waals surface area contributed by atoms with E-state index >= 15 is 0 Å². The van der Waals surface area contributed by atoms with Crippen molar-refractivity contribution in [2.45, 2.75) is 56.9 Å². The van der Waals surface area contributed by atoms with Gasteiger partial charge in [0.1, 0.15) is 5.52 Å². The Labute approximate surface area is 147 Å². The summed E-state index contributed by atoms with van der Waals surface area (Å²) in [7, 11) is 0. The molecule has 0 spiro atoms. The van der Waals surface area contributed by atoms with Gasteiger partial charge in [-0.2, -0.15) is 5.10 Å². The van der Waals surface area contributed by atoms with E-state index in [4.69, 9.17) is 5.10 Å². The van der Waals surface area contributed by atoms with Gasteiger partial charge in [0, 0.05) is 43.4 Å². The molecule has 0 bridgehead atoms. The number of aromatic nitrogens is 3. The summed E-state index contributed by atoms with van der Waals surface area (Å²) in [6, 6.07) is 2.44. The minimum atomic E-state index is 0.231. The van der Waals surface area contributed by atoms with Crippen LogP contribution >= 0.6 is 0 Å². The lowest BCUT2D eigenvalue weighted by atomic mass is 9.84. The number of rotatable bonds is 4.